The van der Waals surface area contributed by atoms with Gasteiger partial charge in [0.05, 0.1) is 24.6 Å². The molecule has 0 unspecified atom stereocenters. The van der Waals surface area contributed by atoms with Crippen LogP contribution in [0.4, 0.5) is 5.69 Å². The standard InChI is InChI=1S/C24H25N3O4/c1-31-19-11-9-16(10-12-19)13-14-25-22(28)17-5-4-6-18(15-17)27-24(30)21-8-3-2-7-20(21)23(29)26-27/h2-6,9-12,15,20-21H,7-8,13-14H2,1H3,(H,25,28)(H,26,29)/t20-,21-/m1/s1. The quantitative estimate of drug-likeness (QED) is 0.705. The zero-order valence-electron chi connectivity index (χ0n) is 17.3. The second-order valence-corrected chi connectivity index (χ2v) is 7.71. The Labute approximate surface area is 181 Å². The Morgan fingerprint density at radius 1 is 1.10 bits per heavy atom. The number of nitrogens with zero attached hydrogens (tertiary/aromatic N) is 1. The predicted molar refractivity (Wildman–Crippen MR) is 116 cm³/mol. The molecule has 3 amide bonds. The number of fused-ring (bicyclic) bond motifs is 1. The Kier molecular flexibility index (Phi) is 6.02. The van der Waals surface area contributed by atoms with Crippen LogP contribution in [0.5, 0.6) is 5.75 Å². The van der Waals surface area contributed by atoms with Gasteiger partial charge in [0, 0.05) is 12.1 Å². The molecule has 1 fully saturated rings. The van der Waals surface area contributed by atoms with Crippen LogP contribution < -0.4 is 20.5 Å². The lowest BCUT2D eigenvalue weighted by molar-refractivity contribution is -0.139. The first-order valence-electron chi connectivity index (χ1n) is 10.4. The molecule has 0 spiro atoms. The molecule has 1 aliphatic heterocycles. The molecule has 1 heterocycles. The first kappa shape index (κ1) is 20.7. The van der Waals surface area contributed by atoms with Gasteiger partial charge in [0.25, 0.3) is 5.91 Å². The summed E-state index contributed by atoms with van der Waals surface area (Å²) in [6.45, 7) is 0.477. The second-order valence-electron chi connectivity index (χ2n) is 7.71. The number of hydrogen-bond donors (Lipinski definition) is 2. The van der Waals surface area contributed by atoms with Gasteiger partial charge in [-0.25, -0.2) is 5.01 Å². The molecule has 160 valence electrons. The fraction of sp³-hybridized carbons (Fsp3) is 0.292. The molecule has 0 bridgehead atoms. The molecule has 2 atom stereocenters. The number of amides is 3. The summed E-state index contributed by atoms with van der Waals surface area (Å²) in [4.78, 5) is 38.0. The maximum absolute atomic E-state index is 12.9. The van der Waals surface area contributed by atoms with Crippen molar-refractivity contribution in [3.05, 3.63) is 71.8 Å². The van der Waals surface area contributed by atoms with E-state index >= 15 is 0 Å². The number of benzene rings is 2. The SMILES string of the molecule is COc1ccc(CCNC(=O)c2cccc(N3NC(=O)[C@@H]4CC=CC[C@H]4C3=O)c2)cc1. The van der Waals surface area contributed by atoms with E-state index in [-0.39, 0.29) is 29.6 Å². The van der Waals surface area contributed by atoms with E-state index in [0.717, 1.165) is 11.3 Å². The fourth-order valence-electron chi connectivity index (χ4n) is 3.98. The van der Waals surface area contributed by atoms with Crippen molar-refractivity contribution in [1.82, 2.24) is 10.7 Å². The van der Waals surface area contributed by atoms with Gasteiger partial charge >= 0.3 is 0 Å². The molecule has 4 rings (SSSR count). The molecule has 2 N–H and O–H groups in total. The van der Waals surface area contributed by atoms with Gasteiger partial charge in [-0.15, -0.1) is 0 Å². The number of allylic oxidation sites excluding steroid dienone is 2. The number of hydrazine groups is 1. The Morgan fingerprint density at radius 2 is 1.84 bits per heavy atom. The molecule has 2 aliphatic rings. The summed E-state index contributed by atoms with van der Waals surface area (Å²) in [5, 5.41) is 4.18. The smallest absolute Gasteiger partial charge is 0.251 e. The van der Waals surface area contributed by atoms with E-state index in [1.807, 2.05) is 36.4 Å². The molecule has 7 nitrogen and oxygen atoms in total. The van der Waals surface area contributed by atoms with Crippen LogP contribution >= 0.6 is 0 Å². The maximum Gasteiger partial charge on any atom is 0.251 e. The van der Waals surface area contributed by atoms with Crippen LogP contribution in [0.1, 0.15) is 28.8 Å². The molecular formula is C24H25N3O4. The normalized spacial score (nSPS) is 20.1. The highest BCUT2D eigenvalue weighted by molar-refractivity contribution is 6.05. The minimum atomic E-state index is -0.360. The van der Waals surface area contributed by atoms with E-state index in [1.165, 1.54) is 5.01 Å². The van der Waals surface area contributed by atoms with Crippen molar-refractivity contribution in [2.24, 2.45) is 11.8 Å². The van der Waals surface area contributed by atoms with Crippen molar-refractivity contribution in [1.29, 1.82) is 0 Å². The molecule has 0 radical (unpaired) electrons. The highest BCUT2D eigenvalue weighted by Crippen LogP contribution is 2.32. The molecule has 2 aromatic carbocycles. The third-order valence-electron chi connectivity index (χ3n) is 5.75. The molecule has 0 aromatic heterocycles. The minimum Gasteiger partial charge on any atom is -0.497 e. The van der Waals surface area contributed by atoms with Crippen LogP contribution in [0.25, 0.3) is 0 Å². The summed E-state index contributed by atoms with van der Waals surface area (Å²) in [7, 11) is 1.62. The van der Waals surface area contributed by atoms with E-state index in [9.17, 15) is 14.4 Å². The lowest BCUT2D eigenvalue weighted by atomic mass is 9.80. The van der Waals surface area contributed by atoms with Gasteiger partial charge < -0.3 is 10.1 Å². The zero-order chi connectivity index (χ0) is 21.8. The summed E-state index contributed by atoms with van der Waals surface area (Å²) in [5.41, 5.74) is 4.69. The number of carbonyl (C=O) groups is 3. The fourth-order valence-corrected chi connectivity index (χ4v) is 3.98. The number of anilines is 1. The van der Waals surface area contributed by atoms with Gasteiger partial charge in [-0.3, -0.25) is 19.8 Å². The lowest BCUT2D eigenvalue weighted by Crippen LogP contribution is -2.59. The van der Waals surface area contributed by atoms with Crippen molar-refractivity contribution >= 4 is 23.4 Å². The Morgan fingerprint density at radius 3 is 2.58 bits per heavy atom. The maximum atomic E-state index is 12.9. The number of methoxy groups -OCH3 is 1. The number of ether oxygens (including phenoxy) is 1. The second kappa shape index (κ2) is 9.04. The number of nitrogens with one attached hydrogen (secondary N) is 2. The molecule has 1 aliphatic carbocycles. The average Bonchev–Trinajstić information content (AvgIpc) is 2.82. The summed E-state index contributed by atoms with van der Waals surface area (Å²) in [6.07, 6.45) is 5.71. The van der Waals surface area contributed by atoms with Crippen molar-refractivity contribution < 1.29 is 19.1 Å². The van der Waals surface area contributed by atoms with Crippen LogP contribution in [-0.4, -0.2) is 31.4 Å². The monoisotopic (exact) mass is 419 g/mol. The molecule has 0 saturated carbocycles. The van der Waals surface area contributed by atoms with Crippen molar-refractivity contribution in [2.45, 2.75) is 19.3 Å². The number of hydrogen-bond acceptors (Lipinski definition) is 4. The van der Waals surface area contributed by atoms with E-state index in [2.05, 4.69) is 10.7 Å². The summed E-state index contributed by atoms with van der Waals surface area (Å²) in [5.74, 6) is -0.433. The number of carbonyl (C=O) groups excluding carboxylic acids is 3. The lowest BCUT2D eigenvalue weighted by Gasteiger charge is -2.38. The van der Waals surface area contributed by atoms with E-state index < -0.39 is 0 Å². The van der Waals surface area contributed by atoms with Gasteiger partial charge in [-0.1, -0.05) is 30.4 Å². The van der Waals surface area contributed by atoms with Gasteiger partial charge in [-0.2, -0.15) is 0 Å². The summed E-state index contributed by atoms with van der Waals surface area (Å²) >= 11 is 0. The molecule has 31 heavy (non-hydrogen) atoms. The van der Waals surface area contributed by atoms with Gasteiger partial charge in [0.2, 0.25) is 11.8 Å². The van der Waals surface area contributed by atoms with E-state index in [0.29, 0.717) is 37.1 Å². The highest BCUT2D eigenvalue weighted by atomic mass is 16.5. The molecular weight excluding hydrogens is 394 g/mol. The van der Waals surface area contributed by atoms with Crippen LogP contribution in [0.3, 0.4) is 0 Å². The van der Waals surface area contributed by atoms with Gasteiger partial charge in [0.15, 0.2) is 0 Å². The first-order chi connectivity index (χ1) is 15.1. The average molecular weight is 419 g/mol. The Hall–Kier alpha value is -3.61. The van der Waals surface area contributed by atoms with Crippen molar-refractivity contribution in [3.8, 4) is 5.75 Å². The summed E-state index contributed by atoms with van der Waals surface area (Å²) in [6, 6.07) is 14.4. The van der Waals surface area contributed by atoms with Crippen LogP contribution in [0, 0.1) is 11.8 Å². The van der Waals surface area contributed by atoms with Crippen molar-refractivity contribution in [2.75, 3.05) is 18.7 Å². The first-order valence-corrected chi connectivity index (χ1v) is 10.4. The third kappa shape index (κ3) is 4.45. The Bertz CT molecular complexity index is 1020. The Balaban J connectivity index is 1.40. The minimum absolute atomic E-state index is 0.147. The largest absolute Gasteiger partial charge is 0.497 e. The van der Waals surface area contributed by atoms with Crippen LogP contribution in [-0.2, 0) is 16.0 Å². The van der Waals surface area contributed by atoms with E-state index in [4.69, 9.17) is 4.74 Å². The highest BCUT2D eigenvalue weighted by Gasteiger charge is 2.42. The molecule has 1 saturated heterocycles. The predicted octanol–water partition coefficient (Wildman–Crippen LogP) is 2.63. The zero-order valence-corrected chi connectivity index (χ0v) is 17.3. The summed E-state index contributed by atoms with van der Waals surface area (Å²) < 4.78 is 5.15. The van der Waals surface area contributed by atoms with Crippen LogP contribution in [0.2, 0.25) is 0 Å². The van der Waals surface area contributed by atoms with Gasteiger partial charge in [-0.05, 0) is 55.2 Å². The third-order valence-corrected chi connectivity index (χ3v) is 5.75. The topological polar surface area (TPSA) is 87.7 Å². The molecule has 2 aromatic rings. The molecule has 7 heteroatoms. The van der Waals surface area contributed by atoms with Gasteiger partial charge in [0.1, 0.15) is 5.75 Å². The van der Waals surface area contributed by atoms with E-state index in [1.54, 1.807) is 31.4 Å². The number of rotatable bonds is 6. The van der Waals surface area contributed by atoms with Crippen molar-refractivity contribution in [3.63, 3.8) is 0 Å². The van der Waals surface area contributed by atoms with Crippen LogP contribution in [0.15, 0.2) is 60.7 Å².